The third-order valence-corrected chi connectivity index (χ3v) is 3.91. The molecule has 0 aliphatic carbocycles. The van der Waals surface area contributed by atoms with E-state index in [1.54, 1.807) is 19.2 Å². The van der Waals surface area contributed by atoms with Crippen LogP contribution >= 0.6 is 24.0 Å². The van der Waals surface area contributed by atoms with E-state index < -0.39 is 0 Å². The lowest BCUT2D eigenvalue weighted by atomic mass is 10.1. The van der Waals surface area contributed by atoms with Crippen molar-refractivity contribution in [2.75, 3.05) is 26.7 Å². The molecule has 0 aliphatic rings. The Bertz CT molecular complexity index is 774. The van der Waals surface area contributed by atoms with Crippen molar-refractivity contribution in [3.8, 4) is 5.75 Å². The van der Waals surface area contributed by atoms with Crippen molar-refractivity contribution < 1.29 is 13.9 Å². The van der Waals surface area contributed by atoms with Gasteiger partial charge in [-0.15, -0.1) is 24.0 Å². The summed E-state index contributed by atoms with van der Waals surface area (Å²) < 4.78 is 18.8. The van der Waals surface area contributed by atoms with Crippen LogP contribution in [0.2, 0.25) is 0 Å². The van der Waals surface area contributed by atoms with Gasteiger partial charge in [-0.3, -0.25) is 9.79 Å². The number of nitrogens with one attached hydrogen (secondary N) is 3. The van der Waals surface area contributed by atoms with Gasteiger partial charge < -0.3 is 20.7 Å². The number of hydrogen-bond donors (Lipinski definition) is 3. The molecular weight excluding hydrogens is 486 g/mol. The predicted octanol–water partition coefficient (Wildman–Crippen LogP) is 2.73. The minimum Gasteiger partial charge on any atom is -0.489 e. The van der Waals surface area contributed by atoms with Crippen molar-refractivity contribution in [2.45, 2.75) is 19.4 Å². The number of halogens is 2. The molecule has 0 spiro atoms. The van der Waals surface area contributed by atoms with E-state index in [-0.39, 0.29) is 48.3 Å². The third-order valence-electron chi connectivity index (χ3n) is 3.91. The van der Waals surface area contributed by atoms with Crippen LogP contribution in [0.4, 0.5) is 4.39 Å². The summed E-state index contributed by atoms with van der Waals surface area (Å²) in [5, 5.41) is 8.91. The standard InChI is InChI=1S/C21H27FN4O2.HI/c1-16(28-19-10-6-9-18(22)13-19)14-25-21(23-2)26-15-20(27)24-12-11-17-7-4-3-5-8-17;/h3-10,13,16H,11-12,14-15H2,1-2H3,(H,24,27)(H2,23,25,26);1H. The number of nitrogens with zero attached hydrogens (tertiary/aromatic N) is 1. The number of carbonyl (C=O) groups excluding carboxylic acids is 1. The van der Waals surface area contributed by atoms with E-state index >= 15 is 0 Å². The normalized spacial score (nSPS) is 11.8. The zero-order valence-corrected chi connectivity index (χ0v) is 19.0. The van der Waals surface area contributed by atoms with Crippen molar-refractivity contribution in [1.82, 2.24) is 16.0 Å². The van der Waals surface area contributed by atoms with E-state index in [9.17, 15) is 9.18 Å². The third kappa shape index (κ3) is 10.1. The van der Waals surface area contributed by atoms with Gasteiger partial charge in [-0.1, -0.05) is 36.4 Å². The smallest absolute Gasteiger partial charge is 0.239 e. The highest BCUT2D eigenvalue weighted by Gasteiger charge is 2.08. The first-order valence-corrected chi connectivity index (χ1v) is 9.24. The van der Waals surface area contributed by atoms with Crippen LogP contribution in [0.15, 0.2) is 59.6 Å². The Labute approximate surface area is 188 Å². The van der Waals surface area contributed by atoms with Gasteiger partial charge in [0.25, 0.3) is 0 Å². The first kappa shape index (κ1) is 24.7. The molecule has 158 valence electrons. The van der Waals surface area contributed by atoms with E-state index in [4.69, 9.17) is 4.74 Å². The van der Waals surface area contributed by atoms with Gasteiger partial charge in [-0.25, -0.2) is 4.39 Å². The SMILES string of the molecule is CN=C(NCC(=O)NCCc1ccccc1)NCC(C)Oc1cccc(F)c1.I. The molecule has 0 saturated carbocycles. The fourth-order valence-electron chi connectivity index (χ4n) is 2.49. The summed E-state index contributed by atoms with van der Waals surface area (Å²) >= 11 is 0. The minimum atomic E-state index is -0.339. The van der Waals surface area contributed by atoms with Gasteiger partial charge in [-0.05, 0) is 31.0 Å². The van der Waals surface area contributed by atoms with Crippen molar-refractivity contribution >= 4 is 35.8 Å². The van der Waals surface area contributed by atoms with E-state index in [1.807, 2.05) is 37.3 Å². The molecule has 0 radical (unpaired) electrons. The Morgan fingerprint density at radius 3 is 2.55 bits per heavy atom. The number of carbonyl (C=O) groups is 1. The number of rotatable bonds is 9. The lowest BCUT2D eigenvalue weighted by molar-refractivity contribution is -0.119. The predicted molar refractivity (Wildman–Crippen MR) is 124 cm³/mol. The Balaban J connectivity index is 0.00000420. The van der Waals surface area contributed by atoms with Crippen molar-refractivity contribution in [3.63, 3.8) is 0 Å². The summed E-state index contributed by atoms with van der Waals surface area (Å²) in [6.45, 7) is 3.01. The quantitative estimate of drug-likeness (QED) is 0.274. The topological polar surface area (TPSA) is 74.8 Å². The average Bonchev–Trinajstić information content (AvgIpc) is 2.69. The Morgan fingerprint density at radius 1 is 1.10 bits per heavy atom. The van der Waals surface area contributed by atoms with Crippen molar-refractivity contribution in [3.05, 3.63) is 66.0 Å². The molecule has 1 atom stereocenters. The van der Waals surface area contributed by atoms with Crippen LogP contribution in [0, 0.1) is 5.82 Å². The van der Waals surface area contributed by atoms with Crippen LogP contribution < -0.4 is 20.7 Å². The monoisotopic (exact) mass is 514 g/mol. The van der Waals surface area contributed by atoms with Crippen LogP contribution in [-0.4, -0.2) is 44.7 Å². The largest absolute Gasteiger partial charge is 0.489 e. The van der Waals surface area contributed by atoms with E-state index in [2.05, 4.69) is 20.9 Å². The second-order valence-corrected chi connectivity index (χ2v) is 6.28. The van der Waals surface area contributed by atoms with Crippen molar-refractivity contribution in [1.29, 1.82) is 0 Å². The van der Waals surface area contributed by atoms with E-state index in [0.717, 1.165) is 6.42 Å². The zero-order valence-electron chi connectivity index (χ0n) is 16.7. The molecule has 1 amide bonds. The molecule has 0 fully saturated rings. The highest BCUT2D eigenvalue weighted by molar-refractivity contribution is 14.0. The van der Waals surface area contributed by atoms with Gasteiger partial charge in [0.1, 0.15) is 17.7 Å². The molecule has 0 saturated heterocycles. The van der Waals surface area contributed by atoms with Gasteiger partial charge in [0.2, 0.25) is 5.91 Å². The second kappa shape index (κ2) is 13.8. The lowest BCUT2D eigenvalue weighted by Crippen LogP contribution is -2.45. The molecule has 3 N–H and O–H groups in total. The maximum atomic E-state index is 13.2. The summed E-state index contributed by atoms with van der Waals surface area (Å²) in [4.78, 5) is 16.0. The van der Waals surface area contributed by atoms with Gasteiger partial charge in [0, 0.05) is 19.7 Å². The molecule has 8 heteroatoms. The number of hydrogen-bond acceptors (Lipinski definition) is 3. The maximum Gasteiger partial charge on any atom is 0.239 e. The minimum absolute atomic E-state index is 0. The lowest BCUT2D eigenvalue weighted by Gasteiger charge is -2.17. The molecule has 6 nitrogen and oxygen atoms in total. The fraction of sp³-hybridized carbons (Fsp3) is 0.333. The van der Waals surface area contributed by atoms with Gasteiger partial charge in [0.05, 0.1) is 13.1 Å². The van der Waals surface area contributed by atoms with Crippen LogP contribution in [0.5, 0.6) is 5.75 Å². The molecule has 0 aromatic heterocycles. The molecule has 2 aromatic carbocycles. The summed E-state index contributed by atoms with van der Waals surface area (Å²) in [5.41, 5.74) is 1.18. The fourth-order valence-corrected chi connectivity index (χ4v) is 2.49. The van der Waals surface area contributed by atoms with Crippen LogP contribution in [0.1, 0.15) is 12.5 Å². The van der Waals surface area contributed by atoms with E-state index in [0.29, 0.717) is 24.8 Å². The van der Waals surface area contributed by atoms with Gasteiger partial charge in [-0.2, -0.15) is 0 Å². The molecule has 29 heavy (non-hydrogen) atoms. The number of benzene rings is 2. The first-order chi connectivity index (χ1) is 13.6. The molecule has 2 aromatic rings. The molecule has 0 aliphatic heterocycles. The summed E-state index contributed by atoms with van der Waals surface area (Å²) in [6, 6.07) is 16.0. The van der Waals surface area contributed by atoms with E-state index in [1.165, 1.54) is 17.7 Å². The number of amides is 1. The highest BCUT2D eigenvalue weighted by Crippen LogP contribution is 2.13. The van der Waals surface area contributed by atoms with Gasteiger partial charge in [0.15, 0.2) is 5.96 Å². The Morgan fingerprint density at radius 2 is 1.86 bits per heavy atom. The highest BCUT2D eigenvalue weighted by atomic mass is 127. The first-order valence-electron chi connectivity index (χ1n) is 9.24. The number of aliphatic imine (C=N–C) groups is 1. The van der Waals surface area contributed by atoms with Gasteiger partial charge >= 0.3 is 0 Å². The summed E-state index contributed by atoms with van der Waals surface area (Å²) in [5.74, 6) is 0.513. The zero-order chi connectivity index (χ0) is 20.2. The second-order valence-electron chi connectivity index (χ2n) is 6.28. The molecule has 0 bridgehead atoms. The molecular formula is C21H28FIN4O2. The Hall–Kier alpha value is -2.36. The van der Waals surface area contributed by atoms with Crippen molar-refractivity contribution in [2.24, 2.45) is 4.99 Å². The number of ether oxygens (including phenoxy) is 1. The molecule has 0 heterocycles. The van der Waals surface area contributed by atoms with Crippen LogP contribution in [-0.2, 0) is 11.2 Å². The number of guanidine groups is 1. The summed E-state index contributed by atoms with van der Waals surface area (Å²) in [7, 11) is 1.63. The average molecular weight is 514 g/mol. The maximum absolute atomic E-state index is 13.2. The summed E-state index contributed by atoms with van der Waals surface area (Å²) in [6.07, 6.45) is 0.578. The van der Waals surface area contributed by atoms with Crippen LogP contribution in [0.25, 0.3) is 0 Å². The molecule has 2 rings (SSSR count). The van der Waals surface area contributed by atoms with Crippen LogP contribution in [0.3, 0.4) is 0 Å². The molecule has 1 unspecified atom stereocenters. The Kier molecular flexibility index (Phi) is 11.7.